The zero-order valence-electron chi connectivity index (χ0n) is 14.7. The lowest BCUT2D eigenvalue weighted by Gasteiger charge is -2.36. The zero-order valence-corrected chi connectivity index (χ0v) is 16.3. The number of piperazine rings is 1. The Balaban J connectivity index is 1.98. The average molecular weight is 410 g/mol. The third-order valence-electron chi connectivity index (χ3n) is 3.78. The second-order valence-electron chi connectivity index (χ2n) is 5.69. The largest absolute Gasteiger partial charge is 0.466 e. The molecule has 1 saturated heterocycles. The fourth-order valence-electron chi connectivity index (χ4n) is 2.50. The molecule has 1 aromatic carbocycles. The maximum atomic E-state index is 12.1. The summed E-state index contributed by atoms with van der Waals surface area (Å²) in [4.78, 5) is 37.5. The van der Waals surface area contributed by atoms with Gasteiger partial charge in [-0.05, 0) is 42.9 Å². The molecule has 0 bridgehead atoms. The fourth-order valence-corrected chi connectivity index (χ4v) is 2.95. The van der Waals surface area contributed by atoms with Crippen LogP contribution in [0, 0.1) is 0 Å². The van der Waals surface area contributed by atoms with Gasteiger partial charge in [0, 0.05) is 24.2 Å². The summed E-state index contributed by atoms with van der Waals surface area (Å²) in [6.07, 6.45) is 2.81. The van der Waals surface area contributed by atoms with Crippen LogP contribution in [0.2, 0.25) is 5.02 Å². The molecule has 1 aromatic rings. The summed E-state index contributed by atoms with van der Waals surface area (Å²) in [7, 11) is 0. The molecule has 9 heteroatoms. The third-order valence-corrected chi connectivity index (χ3v) is 4.37. The van der Waals surface area contributed by atoms with E-state index in [2.05, 4.69) is 10.6 Å². The van der Waals surface area contributed by atoms with E-state index in [0.717, 1.165) is 5.56 Å². The smallest absolute Gasteiger partial charge is 0.308 e. The SMILES string of the molecule is CCOC(=O)CC1C(=O)NCCN1C(=S)NC(=O)/C=C/c1ccc(Cl)cc1. The summed E-state index contributed by atoms with van der Waals surface area (Å²) in [5.41, 5.74) is 0.804. The highest BCUT2D eigenvalue weighted by molar-refractivity contribution is 7.80. The van der Waals surface area contributed by atoms with Crippen LogP contribution < -0.4 is 10.6 Å². The predicted molar refractivity (Wildman–Crippen MR) is 106 cm³/mol. The van der Waals surface area contributed by atoms with E-state index in [0.29, 0.717) is 18.1 Å². The van der Waals surface area contributed by atoms with Crippen molar-refractivity contribution in [3.8, 4) is 0 Å². The number of nitrogens with one attached hydrogen (secondary N) is 2. The van der Waals surface area contributed by atoms with E-state index in [4.69, 9.17) is 28.6 Å². The minimum atomic E-state index is -0.814. The Kier molecular flexibility index (Phi) is 7.75. The van der Waals surface area contributed by atoms with Crippen molar-refractivity contribution in [1.82, 2.24) is 15.5 Å². The van der Waals surface area contributed by atoms with E-state index >= 15 is 0 Å². The first-order valence-corrected chi connectivity index (χ1v) is 9.18. The quantitative estimate of drug-likeness (QED) is 0.435. The van der Waals surface area contributed by atoms with Crippen LogP contribution in [0.1, 0.15) is 18.9 Å². The molecule has 0 aliphatic carbocycles. The Morgan fingerprint density at radius 1 is 1.41 bits per heavy atom. The Labute approximate surface area is 167 Å². The van der Waals surface area contributed by atoms with Gasteiger partial charge in [0.2, 0.25) is 11.8 Å². The van der Waals surface area contributed by atoms with Gasteiger partial charge in [-0.1, -0.05) is 23.7 Å². The summed E-state index contributed by atoms with van der Waals surface area (Å²) in [5.74, 6) is -1.26. The van der Waals surface area contributed by atoms with Crippen LogP contribution in [0.5, 0.6) is 0 Å². The monoisotopic (exact) mass is 409 g/mol. The van der Waals surface area contributed by atoms with Gasteiger partial charge < -0.3 is 15.0 Å². The van der Waals surface area contributed by atoms with Crippen molar-refractivity contribution in [1.29, 1.82) is 0 Å². The van der Waals surface area contributed by atoms with Gasteiger partial charge in [0.1, 0.15) is 6.04 Å². The maximum absolute atomic E-state index is 12.1. The van der Waals surface area contributed by atoms with Gasteiger partial charge >= 0.3 is 5.97 Å². The van der Waals surface area contributed by atoms with Crippen molar-refractivity contribution in [2.75, 3.05) is 19.7 Å². The first-order chi connectivity index (χ1) is 12.9. The van der Waals surface area contributed by atoms with E-state index < -0.39 is 17.9 Å². The zero-order chi connectivity index (χ0) is 19.8. The van der Waals surface area contributed by atoms with E-state index in [9.17, 15) is 14.4 Å². The molecule has 1 unspecified atom stereocenters. The maximum Gasteiger partial charge on any atom is 0.308 e. The Bertz CT molecular complexity index is 751. The van der Waals surface area contributed by atoms with Crippen LogP contribution in [-0.2, 0) is 19.1 Å². The van der Waals surface area contributed by atoms with Gasteiger partial charge in [-0.3, -0.25) is 19.7 Å². The number of esters is 1. The van der Waals surface area contributed by atoms with Crippen molar-refractivity contribution in [3.05, 3.63) is 40.9 Å². The Morgan fingerprint density at radius 2 is 2.11 bits per heavy atom. The van der Waals surface area contributed by atoms with E-state index in [-0.39, 0.29) is 24.0 Å². The lowest BCUT2D eigenvalue weighted by molar-refractivity contribution is -0.147. The summed E-state index contributed by atoms with van der Waals surface area (Å²) >= 11 is 11.1. The number of rotatable bonds is 5. The van der Waals surface area contributed by atoms with E-state index in [1.54, 1.807) is 37.3 Å². The van der Waals surface area contributed by atoms with Crippen LogP contribution >= 0.6 is 23.8 Å². The van der Waals surface area contributed by atoms with Crippen molar-refractivity contribution in [3.63, 3.8) is 0 Å². The second kappa shape index (κ2) is 10.0. The molecule has 1 heterocycles. The topological polar surface area (TPSA) is 87.7 Å². The van der Waals surface area contributed by atoms with Crippen LogP contribution in [0.3, 0.4) is 0 Å². The molecule has 144 valence electrons. The number of amides is 2. The van der Waals surface area contributed by atoms with Crippen molar-refractivity contribution >= 4 is 52.8 Å². The second-order valence-corrected chi connectivity index (χ2v) is 6.51. The summed E-state index contributed by atoms with van der Waals surface area (Å²) in [6.45, 7) is 2.67. The van der Waals surface area contributed by atoms with Gasteiger partial charge in [0.15, 0.2) is 5.11 Å². The molecule has 2 N–H and O–H groups in total. The Hall–Kier alpha value is -2.45. The van der Waals surface area contributed by atoms with Crippen molar-refractivity contribution in [2.24, 2.45) is 0 Å². The molecule has 0 aromatic heterocycles. The first-order valence-electron chi connectivity index (χ1n) is 8.39. The van der Waals surface area contributed by atoms with Crippen LogP contribution in [0.25, 0.3) is 6.08 Å². The molecule has 1 fully saturated rings. The molecule has 1 aliphatic heterocycles. The lowest BCUT2D eigenvalue weighted by atomic mass is 10.1. The highest BCUT2D eigenvalue weighted by atomic mass is 35.5. The number of halogens is 1. The van der Waals surface area contributed by atoms with Crippen LogP contribution in [0.4, 0.5) is 0 Å². The van der Waals surface area contributed by atoms with E-state index in [1.807, 2.05) is 0 Å². The van der Waals surface area contributed by atoms with Crippen LogP contribution in [-0.4, -0.2) is 53.5 Å². The van der Waals surface area contributed by atoms with E-state index in [1.165, 1.54) is 11.0 Å². The van der Waals surface area contributed by atoms with Gasteiger partial charge in [0.25, 0.3) is 0 Å². The third kappa shape index (κ3) is 6.33. The minimum Gasteiger partial charge on any atom is -0.466 e. The predicted octanol–water partition coefficient (Wildman–Crippen LogP) is 1.51. The molecule has 0 spiro atoms. The van der Waals surface area contributed by atoms with Gasteiger partial charge in [-0.2, -0.15) is 0 Å². The molecule has 27 heavy (non-hydrogen) atoms. The first kappa shape index (κ1) is 20.9. The highest BCUT2D eigenvalue weighted by Crippen LogP contribution is 2.12. The van der Waals surface area contributed by atoms with Gasteiger partial charge in [0.05, 0.1) is 13.0 Å². The molecular formula is C18H20ClN3O4S. The molecule has 2 rings (SSSR count). The number of benzene rings is 1. The van der Waals surface area contributed by atoms with Crippen molar-refractivity contribution in [2.45, 2.75) is 19.4 Å². The molecule has 0 saturated carbocycles. The van der Waals surface area contributed by atoms with Crippen LogP contribution in [0.15, 0.2) is 30.3 Å². The number of ether oxygens (including phenoxy) is 1. The van der Waals surface area contributed by atoms with Gasteiger partial charge in [-0.25, -0.2) is 0 Å². The summed E-state index contributed by atoms with van der Waals surface area (Å²) in [5, 5.41) is 5.94. The number of carbonyl (C=O) groups excluding carboxylic acids is 3. The lowest BCUT2D eigenvalue weighted by Crippen LogP contribution is -2.60. The molecule has 1 aliphatic rings. The molecule has 1 atom stereocenters. The summed E-state index contributed by atoms with van der Waals surface area (Å²) in [6, 6.07) is 6.17. The highest BCUT2D eigenvalue weighted by Gasteiger charge is 2.33. The minimum absolute atomic E-state index is 0.0879. The normalized spacial score (nSPS) is 16.7. The van der Waals surface area contributed by atoms with Gasteiger partial charge in [-0.15, -0.1) is 0 Å². The molecular weight excluding hydrogens is 390 g/mol. The Morgan fingerprint density at radius 3 is 2.78 bits per heavy atom. The number of hydrogen-bond acceptors (Lipinski definition) is 5. The summed E-state index contributed by atoms with van der Waals surface area (Å²) < 4.78 is 4.90. The van der Waals surface area contributed by atoms with Crippen molar-refractivity contribution < 1.29 is 19.1 Å². The number of nitrogens with zero attached hydrogens (tertiary/aromatic N) is 1. The standard InChI is InChI=1S/C18H20ClN3O4S/c1-2-26-16(24)11-14-17(25)20-9-10-22(14)18(27)21-15(23)8-5-12-3-6-13(19)7-4-12/h3-8,14H,2,9-11H2,1H3,(H,20,25)(H,21,23,27)/b8-5+. The number of hydrogen-bond donors (Lipinski definition) is 2. The molecule has 2 amide bonds. The number of carbonyl (C=O) groups is 3. The molecule has 7 nitrogen and oxygen atoms in total. The fraction of sp³-hybridized carbons (Fsp3) is 0.333. The average Bonchev–Trinajstić information content (AvgIpc) is 2.63. The molecule has 0 radical (unpaired) electrons. The number of thiocarbonyl (C=S) groups is 1.